The van der Waals surface area contributed by atoms with Crippen molar-refractivity contribution in [1.29, 1.82) is 0 Å². The minimum absolute atomic E-state index is 0.0143. The number of benzene rings is 1. The third-order valence-electron chi connectivity index (χ3n) is 2.53. The molecule has 21 heavy (non-hydrogen) atoms. The van der Waals surface area contributed by atoms with Gasteiger partial charge < -0.3 is 5.11 Å². The highest BCUT2D eigenvalue weighted by atomic mass is 35.5. The van der Waals surface area contributed by atoms with Gasteiger partial charge in [-0.2, -0.15) is 0 Å². The lowest BCUT2D eigenvalue weighted by Gasteiger charge is -2.08. The Labute approximate surface area is 139 Å². The van der Waals surface area contributed by atoms with Crippen molar-refractivity contribution in [3.63, 3.8) is 0 Å². The van der Waals surface area contributed by atoms with Crippen molar-refractivity contribution in [1.82, 2.24) is 0 Å². The quantitative estimate of drug-likeness (QED) is 0.847. The molecular weight excluding hydrogens is 379 g/mol. The largest absolute Gasteiger partial charge is 0.478 e. The van der Waals surface area contributed by atoms with Crippen molar-refractivity contribution in [3.05, 3.63) is 49.1 Å². The fraction of sp³-hybridized carbons (Fsp3) is 0.0833. The van der Waals surface area contributed by atoms with Gasteiger partial charge in [0.15, 0.2) is 9.84 Å². The Balaban J connectivity index is 2.52. The first-order valence-corrected chi connectivity index (χ1v) is 9.00. The SMILES string of the molecule is O=C(O)c1cc(Cl)cc(S(=O)(=O)Cc2ccc(Cl)s2)c1Cl. The van der Waals surface area contributed by atoms with Crippen molar-refractivity contribution < 1.29 is 18.3 Å². The Morgan fingerprint density at radius 2 is 1.86 bits per heavy atom. The van der Waals surface area contributed by atoms with Gasteiger partial charge in [-0.15, -0.1) is 11.3 Å². The second-order valence-corrected chi connectivity index (χ2v) is 8.61. The first kappa shape index (κ1) is 16.6. The summed E-state index contributed by atoms with van der Waals surface area (Å²) in [6.07, 6.45) is 0. The summed E-state index contributed by atoms with van der Waals surface area (Å²) in [6.45, 7) is 0. The highest BCUT2D eigenvalue weighted by Crippen LogP contribution is 2.33. The van der Waals surface area contributed by atoms with Crippen LogP contribution in [0, 0.1) is 0 Å². The molecule has 0 atom stereocenters. The second-order valence-electron chi connectivity index (χ2n) is 4.04. The molecule has 2 rings (SSSR count). The van der Waals surface area contributed by atoms with Gasteiger partial charge in [-0.1, -0.05) is 34.8 Å². The van der Waals surface area contributed by atoms with Crippen LogP contribution in [0.25, 0.3) is 0 Å². The number of carboxylic acid groups (broad SMARTS) is 1. The lowest BCUT2D eigenvalue weighted by atomic mass is 10.2. The van der Waals surface area contributed by atoms with Gasteiger partial charge in [0.05, 0.1) is 25.6 Å². The monoisotopic (exact) mass is 384 g/mol. The Morgan fingerprint density at radius 3 is 2.38 bits per heavy atom. The van der Waals surface area contributed by atoms with E-state index in [9.17, 15) is 13.2 Å². The molecule has 1 heterocycles. The van der Waals surface area contributed by atoms with Crippen LogP contribution in [0.5, 0.6) is 0 Å². The number of aromatic carboxylic acids is 1. The maximum absolute atomic E-state index is 12.4. The topological polar surface area (TPSA) is 71.4 Å². The van der Waals surface area contributed by atoms with Crippen molar-refractivity contribution in [2.75, 3.05) is 0 Å². The molecular formula is C12H7Cl3O4S2. The second kappa shape index (κ2) is 6.14. The predicted octanol–water partition coefficient (Wildman–Crippen LogP) is 4.38. The molecule has 0 aliphatic rings. The molecule has 0 radical (unpaired) electrons. The van der Waals surface area contributed by atoms with Gasteiger partial charge in [0.2, 0.25) is 0 Å². The van der Waals surface area contributed by atoms with Crippen LogP contribution in [0.15, 0.2) is 29.2 Å². The summed E-state index contributed by atoms with van der Waals surface area (Å²) in [5.41, 5.74) is -0.355. The number of carbonyl (C=O) groups is 1. The van der Waals surface area contributed by atoms with Crippen LogP contribution in [-0.2, 0) is 15.6 Å². The van der Waals surface area contributed by atoms with Crippen molar-refractivity contribution >= 4 is 61.9 Å². The number of hydrogen-bond donors (Lipinski definition) is 1. The molecule has 0 spiro atoms. The molecule has 0 unspecified atom stereocenters. The summed E-state index contributed by atoms with van der Waals surface area (Å²) >= 11 is 18.5. The summed E-state index contributed by atoms with van der Waals surface area (Å²) in [4.78, 5) is 11.3. The Bertz CT molecular complexity index is 812. The van der Waals surface area contributed by atoms with E-state index in [0.717, 1.165) is 23.5 Å². The van der Waals surface area contributed by atoms with Crippen LogP contribution in [0.3, 0.4) is 0 Å². The number of sulfone groups is 1. The highest BCUT2D eigenvalue weighted by molar-refractivity contribution is 7.91. The van der Waals surface area contributed by atoms with E-state index >= 15 is 0 Å². The standard InChI is InChI=1S/C12H7Cl3O4S2/c13-6-3-8(12(16)17)11(15)9(4-6)21(18,19)5-7-1-2-10(14)20-7/h1-4H,5H2,(H,16,17). The Morgan fingerprint density at radius 1 is 1.19 bits per heavy atom. The van der Waals surface area contributed by atoms with E-state index in [-0.39, 0.29) is 26.3 Å². The van der Waals surface area contributed by atoms with E-state index in [1.54, 1.807) is 12.1 Å². The third kappa shape index (κ3) is 3.70. The molecule has 9 heteroatoms. The van der Waals surface area contributed by atoms with E-state index in [4.69, 9.17) is 39.9 Å². The molecule has 0 fully saturated rings. The van der Waals surface area contributed by atoms with Gasteiger partial charge in [-0.25, -0.2) is 13.2 Å². The minimum Gasteiger partial charge on any atom is -0.478 e. The van der Waals surface area contributed by atoms with Gasteiger partial charge >= 0.3 is 5.97 Å². The molecule has 2 aromatic rings. The first-order valence-electron chi connectivity index (χ1n) is 5.40. The van der Waals surface area contributed by atoms with E-state index < -0.39 is 15.8 Å². The molecule has 0 aliphatic heterocycles. The molecule has 1 aromatic heterocycles. The summed E-state index contributed by atoms with van der Waals surface area (Å²) in [7, 11) is -3.84. The van der Waals surface area contributed by atoms with Gasteiger partial charge in [0.1, 0.15) is 0 Å². The zero-order valence-corrected chi connectivity index (χ0v) is 14.0. The molecule has 0 saturated carbocycles. The van der Waals surface area contributed by atoms with Crippen molar-refractivity contribution in [3.8, 4) is 0 Å². The number of thiophene rings is 1. The van der Waals surface area contributed by atoms with Gasteiger partial charge in [0.25, 0.3) is 0 Å². The molecule has 0 saturated heterocycles. The Kier molecular flexibility index (Phi) is 4.85. The molecule has 112 valence electrons. The van der Waals surface area contributed by atoms with Crippen LogP contribution in [0.4, 0.5) is 0 Å². The molecule has 1 N–H and O–H groups in total. The van der Waals surface area contributed by atoms with E-state index in [2.05, 4.69) is 0 Å². The van der Waals surface area contributed by atoms with E-state index in [0.29, 0.717) is 9.21 Å². The smallest absolute Gasteiger partial charge is 0.337 e. The highest BCUT2D eigenvalue weighted by Gasteiger charge is 2.24. The van der Waals surface area contributed by atoms with E-state index in [1.165, 1.54) is 0 Å². The van der Waals surface area contributed by atoms with Gasteiger partial charge in [0, 0.05) is 9.90 Å². The van der Waals surface area contributed by atoms with Crippen molar-refractivity contribution in [2.24, 2.45) is 0 Å². The van der Waals surface area contributed by atoms with Crippen molar-refractivity contribution in [2.45, 2.75) is 10.6 Å². The molecule has 1 aromatic carbocycles. The van der Waals surface area contributed by atoms with Gasteiger partial charge in [-0.05, 0) is 24.3 Å². The molecule has 4 nitrogen and oxygen atoms in total. The van der Waals surface area contributed by atoms with Crippen LogP contribution >= 0.6 is 46.1 Å². The van der Waals surface area contributed by atoms with Gasteiger partial charge in [-0.3, -0.25) is 0 Å². The van der Waals surface area contributed by atoms with E-state index in [1.807, 2.05) is 0 Å². The van der Waals surface area contributed by atoms with Crippen LogP contribution in [-0.4, -0.2) is 19.5 Å². The maximum Gasteiger partial charge on any atom is 0.337 e. The summed E-state index contributed by atoms with van der Waals surface area (Å²) in [5, 5.41) is 8.65. The van der Waals surface area contributed by atoms with Crippen LogP contribution < -0.4 is 0 Å². The maximum atomic E-state index is 12.4. The average molecular weight is 386 g/mol. The zero-order chi connectivity index (χ0) is 15.8. The number of halogens is 3. The fourth-order valence-electron chi connectivity index (χ4n) is 1.64. The minimum atomic E-state index is -3.84. The third-order valence-corrected chi connectivity index (χ3v) is 6.37. The fourth-order valence-corrected chi connectivity index (χ4v) is 5.37. The summed E-state index contributed by atoms with van der Waals surface area (Å²) in [6, 6.07) is 5.41. The number of hydrogen-bond acceptors (Lipinski definition) is 4. The lowest BCUT2D eigenvalue weighted by molar-refractivity contribution is 0.0697. The summed E-state index contributed by atoms with van der Waals surface area (Å²) < 4.78 is 25.2. The average Bonchev–Trinajstić information content (AvgIpc) is 2.76. The predicted molar refractivity (Wildman–Crippen MR) is 83.6 cm³/mol. The zero-order valence-electron chi connectivity index (χ0n) is 10.1. The lowest BCUT2D eigenvalue weighted by Crippen LogP contribution is -2.08. The number of carboxylic acids is 1. The normalized spacial score (nSPS) is 11.6. The molecule has 0 bridgehead atoms. The number of rotatable bonds is 4. The van der Waals surface area contributed by atoms with Crippen LogP contribution in [0.2, 0.25) is 14.4 Å². The van der Waals surface area contributed by atoms with Crippen LogP contribution in [0.1, 0.15) is 15.2 Å². The molecule has 0 aliphatic carbocycles. The molecule has 0 amide bonds. The first-order chi connectivity index (χ1) is 9.70. The Hall–Kier alpha value is -0.790. The summed E-state index contributed by atoms with van der Waals surface area (Å²) in [5.74, 6) is -1.68.